The fourth-order valence-corrected chi connectivity index (χ4v) is 3.74. The van der Waals surface area contributed by atoms with E-state index in [1.54, 1.807) is 6.92 Å². The van der Waals surface area contributed by atoms with E-state index in [1.807, 2.05) is 0 Å². The predicted octanol–water partition coefficient (Wildman–Crippen LogP) is 2.10. The lowest BCUT2D eigenvalue weighted by atomic mass is 9.98. The molecule has 1 saturated heterocycles. The molecule has 1 fully saturated rings. The van der Waals surface area contributed by atoms with Gasteiger partial charge >= 0.3 is 6.18 Å². The molecule has 0 aliphatic carbocycles. The van der Waals surface area contributed by atoms with Crippen LogP contribution in [0.25, 0.3) is 0 Å². The van der Waals surface area contributed by atoms with E-state index in [9.17, 15) is 26.7 Å². The summed E-state index contributed by atoms with van der Waals surface area (Å²) in [5.74, 6) is -0.0297. The summed E-state index contributed by atoms with van der Waals surface area (Å²) in [7, 11) is -4.03. The Balaban J connectivity index is 2.32. The largest absolute Gasteiger partial charge is 0.416 e. The molecule has 4 nitrogen and oxygen atoms in total. The van der Waals surface area contributed by atoms with E-state index in [0.717, 1.165) is 22.5 Å². The number of rotatable bonds is 2. The highest BCUT2D eigenvalue weighted by Gasteiger charge is 2.35. The number of alkyl halides is 3. The van der Waals surface area contributed by atoms with Crippen molar-refractivity contribution in [2.24, 2.45) is 5.92 Å². The second kappa shape index (κ2) is 5.58. The monoisotopic (exact) mass is 323 g/mol. The molecule has 21 heavy (non-hydrogen) atoms. The number of hydrogen-bond donors (Lipinski definition) is 1. The van der Waals surface area contributed by atoms with Gasteiger partial charge in [0.1, 0.15) is 0 Å². The maximum Gasteiger partial charge on any atom is 0.416 e. The average molecular weight is 323 g/mol. The molecule has 2 atom stereocenters. The third kappa shape index (κ3) is 3.38. The summed E-state index contributed by atoms with van der Waals surface area (Å²) in [6.07, 6.45) is -4.93. The summed E-state index contributed by atoms with van der Waals surface area (Å²) < 4.78 is 63.8. The van der Waals surface area contributed by atoms with Gasteiger partial charge in [-0.15, -0.1) is 0 Å². The molecule has 0 spiro atoms. The molecule has 1 heterocycles. The molecule has 0 saturated carbocycles. The number of aliphatic hydroxyl groups excluding tert-OH is 1. The second-order valence-electron chi connectivity index (χ2n) is 5.22. The first-order valence-corrected chi connectivity index (χ1v) is 7.92. The van der Waals surface area contributed by atoms with Crippen LogP contribution in [-0.2, 0) is 16.2 Å². The van der Waals surface area contributed by atoms with Gasteiger partial charge in [0.15, 0.2) is 0 Å². The van der Waals surface area contributed by atoms with Gasteiger partial charge in [0.2, 0.25) is 10.0 Å². The van der Waals surface area contributed by atoms with Crippen LogP contribution in [0.5, 0.6) is 0 Å². The van der Waals surface area contributed by atoms with Crippen LogP contribution in [0.3, 0.4) is 0 Å². The third-order valence-corrected chi connectivity index (χ3v) is 5.54. The van der Waals surface area contributed by atoms with Crippen molar-refractivity contribution >= 4 is 10.0 Å². The highest BCUT2D eigenvalue weighted by atomic mass is 32.2. The molecular weight excluding hydrogens is 307 g/mol. The standard InChI is InChI=1S/C13H16F3NO3S/c1-9-5-6-17(8-12(9)18)21(19,20)11-4-2-3-10(7-11)13(14,15)16/h2-4,7,9,12,18H,5-6,8H2,1H3. The summed E-state index contributed by atoms with van der Waals surface area (Å²) in [4.78, 5) is -0.404. The quantitative estimate of drug-likeness (QED) is 0.907. The van der Waals surface area contributed by atoms with Gasteiger partial charge < -0.3 is 5.11 Å². The van der Waals surface area contributed by atoms with E-state index >= 15 is 0 Å². The summed E-state index contributed by atoms with van der Waals surface area (Å²) in [5.41, 5.74) is -1.01. The van der Waals surface area contributed by atoms with Crippen LogP contribution in [0.4, 0.5) is 13.2 Å². The highest BCUT2D eigenvalue weighted by molar-refractivity contribution is 7.89. The molecule has 118 valence electrons. The van der Waals surface area contributed by atoms with Crippen molar-refractivity contribution in [2.75, 3.05) is 13.1 Å². The highest BCUT2D eigenvalue weighted by Crippen LogP contribution is 2.31. The van der Waals surface area contributed by atoms with Crippen LogP contribution in [0, 0.1) is 5.92 Å². The van der Waals surface area contributed by atoms with Gasteiger partial charge in [0.25, 0.3) is 0 Å². The molecule has 2 unspecified atom stereocenters. The summed E-state index contributed by atoms with van der Waals surface area (Å²) in [5, 5.41) is 9.76. The molecule has 8 heteroatoms. The minimum atomic E-state index is -4.60. The Bertz CT molecular complexity index is 615. The Labute approximate surface area is 121 Å². The van der Waals surface area contributed by atoms with E-state index in [0.29, 0.717) is 12.5 Å². The van der Waals surface area contributed by atoms with Gasteiger partial charge in [-0.3, -0.25) is 0 Å². The molecule has 0 amide bonds. The van der Waals surface area contributed by atoms with Crippen molar-refractivity contribution in [3.63, 3.8) is 0 Å². The van der Waals surface area contributed by atoms with Gasteiger partial charge in [0, 0.05) is 13.1 Å². The molecule has 1 aliphatic heterocycles. The van der Waals surface area contributed by atoms with Crippen molar-refractivity contribution in [1.29, 1.82) is 0 Å². The van der Waals surface area contributed by atoms with Crippen molar-refractivity contribution in [1.82, 2.24) is 4.31 Å². The van der Waals surface area contributed by atoms with Gasteiger partial charge in [-0.2, -0.15) is 17.5 Å². The first-order valence-electron chi connectivity index (χ1n) is 6.48. The first-order chi connectivity index (χ1) is 9.62. The van der Waals surface area contributed by atoms with Crippen LogP contribution < -0.4 is 0 Å². The Morgan fingerprint density at radius 2 is 2.00 bits per heavy atom. The zero-order chi connectivity index (χ0) is 15.8. The number of β-amino-alcohol motifs (C(OH)–C–C–N with tert-alkyl or cyclic N) is 1. The fourth-order valence-electron chi connectivity index (χ4n) is 2.22. The fraction of sp³-hybridized carbons (Fsp3) is 0.538. The normalized spacial score (nSPS) is 25.0. The van der Waals surface area contributed by atoms with E-state index in [2.05, 4.69) is 0 Å². The van der Waals surface area contributed by atoms with Crippen LogP contribution >= 0.6 is 0 Å². The average Bonchev–Trinajstić information content (AvgIpc) is 2.41. The summed E-state index contributed by atoms with van der Waals surface area (Å²) in [6.45, 7) is 1.90. The smallest absolute Gasteiger partial charge is 0.391 e. The van der Waals surface area contributed by atoms with Crippen LogP contribution in [-0.4, -0.2) is 37.0 Å². The molecule has 0 radical (unpaired) electrons. The van der Waals surface area contributed by atoms with Crippen molar-refractivity contribution in [3.8, 4) is 0 Å². The Hall–Kier alpha value is -1.12. The second-order valence-corrected chi connectivity index (χ2v) is 7.16. The molecule has 0 bridgehead atoms. The summed E-state index contributed by atoms with van der Waals surface area (Å²) >= 11 is 0. The van der Waals surface area contributed by atoms with Gasteiger partial charge in [0.05, 0.1) is 16.6 Å². The Kier molecular flexibility index (Phi) is 4.32. The minimum Gasteiger partial charge on any atom is -0.391 e. The zero-order valence-corrected chi connectivity index (χ0v) is 12.2. The molecular formula is C13H16F3NO3S. The molecule has 1 aliphatic rings. The maximum absolute atomic E-state index is 12.7. The topological polar surface area (TPSA) is 57.6 Å². The van der Waals surface area contributed by atoms with Crippen LogP contribution in [0.15, 0.2) is 29.2 Å². The third-order valence-electron chi connectivity index (χ3n) is 3.68. The number of hydrogen-bond acceptors (Lipinski definition) is 3. The summed E-state index contributed by atoms with van der Waals surface area (Å²) in [6, 6.07) is 3.65. The SMILES string of the molecule is CC1CCN(S(=O)(=O)c2cccc(C(F)(F)F)c2)CC1O. The van der Waals surface area contributed by atoms with Crippen LogP contribution in [0.1, 0.15) is 18.9 Å². The molecule has 0 aromatic heterocycles. The van der Waals surface area contributed by atoms with Gasteiger partial charge in [-0.1, -0.05) is 13.0 Å². The van der Waals surface area contributed by atoms with Gasteiger partial charge in [-0.05, 0) is 30.5 Å². The first kappa shape index (κ1) is 16.3. The Morgan fingerprint density at radius 1 is 1.33 bits per heavy atom. The molecule has 2 rings (SSSR count). The van der Waals surface area contributed by atoms with E-state index in [1.165, 1.54) is 0 Å². The number of nitrogens with zero attached hydrogens (tertiary/aromatic N) is 1. The van der Waals surface area contributed by atoms with E-state index in [-0.39, 0.29) is 19.0 Å². The van der Waals surface area contributed by atoms with Crippen molar-refractivity contribution in [2.45, 2.75) is 30.5 Å². The number of aliphatic hydroxyl groups is 1. The minimum absolute atomic E-state index is 0.0297. The lowest BCUT2D eigenvalue weighted by Crippen LogP contribution is -2.45. The predicted molar refractivity (Wildman–Crippen MR) is 70.0 cm³/mol. The molecule has 1 aromatic rings. The van der Waals surface area contributed by atoms with Gasteiger partial charge in [-0.25, -0.2) is 8.42 Å². The van der Waals surface area contributed by atoms with Crippen LogP contribution in [0.2, 0.25) is 0 Å². The van der Waals surface area contributed by atoms with Crippen molar-refractivity contribution < 1.29 is 26.7 Å². The number of sulfonamides is 1. The molecule has 1 N–H and O–H groups in total. The number of halogens is 3. The Morgan fingerprint density at radius 3 is 2.57 bits per heavy atom. The lowest BCUT2D eigenvalue weighted by molar-refractivity contribution is -0.137. The molecule has 1 aromatic carbocycles. The van der Waals surface area contributed by atoms with E-state index < -0.39 is 32.8 Å². The lowest BCUT2D eigenvalue weighted by Gasteiger charge is -2.33. The number of benzene rings is 1. The van der Waals surface area contributed by atoms with Crippen molar-refractivity contribution in [3.05, 3.63) is 29.8 Å². The van der Waals surface area contributed by atoms with E-state index in [4.69, 9.17) is 0 Å². The number of piperidine rings is 1. The maximum atomic E-state index is 12.7. The zero-order valence-electron chi connectivity index (χ0n) is 11.3.